The van der Waals surface area contributed by atoms with Crippen LogP contribution >= 0.6 is 11.6 Å². The molecule has 0 saturated heterocycles. The summed E-state index contributed by atoms with van der Waals surface area (Å²) in [4.78, 5) is 28.2. The number of aliphatic hydroxyl groups excluding tert-OH is 1. The van der Waals surface area contributed by atoms with Gasteiger partial charge < -0.3 is 20.1 Å². The summed E-state index contributed by atoms with van der Waals surface area (Å²) in [5.74, 6) is -0.671. The second kappa shape index (κ2) is 5.47. The number of H-pyrrole nitrogens is 1. The van der Waals surface area contributed by atoms with Gasteiger partial charge in [-0.15, -0.1) is 0 Å². The maximum absolute atomic E-state index is 11.1. The summed E-state index contributed by atoms with van der Waals surface area (Å²) >= 11 is 5.64. The average Bonchev–Trinajstić information content (AvgIpc) is 2.30. The Morgan fingerprint density at radius 2 is 2.50 bits per heavy atom. The predicted molar refractivity (Wildman–Crippen MR) is 56.4 cm³/mol. The first-order valence-corrected chi connectivity index (χ1v) is 4.66. The van der Waals surface area contributed by atoms with Gasteiger partial charge in [0, 0.05) is 0 Å². The molecule has 1 aromatic rings. The van der Waals surface area contributed by atoms with E-state index in [9.17, 15) is 9.59 Å². The van der Waals surface area contributed by atoms with Crippen molar-refractivity contribution in [3.05, 3.63) is 21.7 Å². The molecule has 0 saturated carbocycles. The third kappa shape index (κ3) is 2.71. The Morgan fingerprint density at radius 1 is 1.81 bits per heavy atom. The Hall–Kier alpha value is -1.60. The molecular formula is C8H10ClN3O4. The monoisotopic (exact) mass is 247 g/mol. The summed E-state index contributed by atoms with van der Waals surface area (Å²) < 4.78 is 4.43. The molecule has 1 heterocycles. The van der Waals surface area contributed by atoms with Crippen molar-refractivity contribution >= 4 is 23.4 Å². The second-order valence-corrected chi connectivity index (χ2v) is 3.17. The van der Waals surface area contributed by atoms with Crippen LogP contribution in [0.25, 0.3) is 0 Å². The first-order chi connectivity index (χ1) is 7.60. The molecule has 0 fully saturated rings. The molecule has 0 amide bonds. The van der Waals surface area contributed by atoms with Crippen LogP contribution in [0.15, 0.2) is 11.1 Å². The molecule has 0 aromatic carbocycles. The first kappa shape index (κ1) is 12.5. The van der Waals surface area contributed by atoms with Crippen molar-refractivity contribution in [3.8, 4) is 0 Å². The zero-order chi connectivity index (χ0) is 12.1. The highest BCUT2D eigenvalue weighted by molar-refractivity contribution is 6.32. The van der Waals surface area contributed by atoms with Gasteiger partial charge in [0.05, 0.1) is 20.0 Å². The van der Waals surface area contributed by atoms with Crippen molar-refractivity contribution in [2.75, 3.05) is 19.0 Å². The molecular weight excluding hydrogens is 238 g/mol. The van der Waals surface area contributed by atoms with E-state index >= 15 is 0 Å². The largest absolute Gasteiger partial charge is 0.467 e. The third-order valence-electron chi connectivity index (χ3n) is 1.78. The summed E-state index contributed by atoms with van der Waals surface area (Å²) in [6.07, 6.45) is 1.13. The molecule has 0 bridgehead atoms. The number of aromatic nitrogens is 2. The van der Waals surface area contributed by atoms with Crippen LogP contribution in [-0.2, 0) is 9.53 Å². The van der Waals surface area contributed by atoms with Crippen molar-refractivity contribution in [3.63, 3.8) is 0 Å². The van der Waals surface area contributed by atoms with E-state index in [1.54, 1.807) is 0 Å². The highest BCUT2D eigenvalue weighted by Crippen LogP contribution is 2.13. The van der Waals surface area contributed by atoms with Crippen molar-refractivity contribution in [1.82, 2.24) is 9.97 Å². The van der Waals surface area contributed by atoms with Gasteiger partial charge in [0.25, 0.3) is 5.56 Å². The number of hydrogen-bond acceptors (Lipinski definition) is 6. The fourth-order valence-electron chi connectivity index (χ4n) is 0.970. The standard InChI is InChI=1S/C8H10ClN3O4/c1-16-8(15)4(2-13)12-6-5(9)7(14)11-3-10-6/h3-4,13H,2H2,1H3,(H2,10,11,12,14). The van der Waals surface area contributed by atoms with Crippen LogP contribution in [0.5, 0.6) is 0 Å². The van der Waals surface area contributed by atoms with Crippen LogP contribution in [0.3, 0.4) is 0 Å². The Balaban J connectivity index is 2.90. The normalized spacial score (nSPS) is 11.9. The number of aromatic amines is 1. The quantitative estimate of drug-likeness (QED) is 0.612. The van der Waals surface area contributed by atoms with Gasteiger partial charge in [-0.3, -0.25) is 4.79 Å². The van der Waals surface area contributed by atoms with E-state index in [1.807, 2.05) is 0 Å². The van der Waals surface area contributed by atoms with Gasteiger partial charge in [-0.25, -0.2) is 9.78 Å². The molecule has 16 heavy (non-hydrogen) atoms. The van der Waals surface area contributed by atoms with E-state index in [0.717, 1.165) is 6.33 Å². The molecule has 0 radical (unpaired) electrons. The van der Waals surface area contributed by atoms with Gasteiger partial charge in [0.15, 0.2) is 5.82 Å². The molecule has 88 valence electrons. The SMILES string of the molecule is COC(=O)C(CO)Nc1nc[nH]c(=O)c1Cl. The van der Waals surface area contributed by atoms with E-state index in [0.29, 0.717) is 0 Å². The van der Waals surface area contributed by atoms with Crippen LogP contribution < -0.4 is 10.9 Å². The van der Waals surface area contributed by atoms with Gasteiger partial charge in [-0.1, -0.05) is 11.6 Å². The number of ether oxygens (including phenoxy) is 1. The molecule has 0 aliphatic carbocycles. The Kier molecular flexibility index (Phi) is 4.27. The van der Waals surface area contributed by atoms with Crippen LogP contribution in [0, 0.1) is 0 Å². The highest BCUT2D eigenvalue weighted by atomic mass is 35.5. The number of hydrogen-bond donors (Lipinski definition) is 3. The highest BCUT2D eigenvalue weighted by Gasteiger charge is 2.20. The number of methoxy groups -OCH3 is 1. The van der Waals surface area contributed by atoms with Crippen LogP contribution in [0.4, 0.5) is 5.82 Å². The molecule has 0 spiro atoms. The number of carbonyl (C=O) groups is 1. The number of rotatable bonds is 4. The van der Waals surface area contributed by atoms with Crippen LogP contribution in [0.1, 0.15) is 0 Å². The van der Waals surface area contributed by atoms with Crippen LogP contribution in [0.2, 0.25) is 5.02 Å². The van der Waals surface area contributed by atoms with Crippen LogP contribution in [-0.4, -0.2) is 40.8 Å². The van der Waals surface area contributed by atoms with Gasteiger partial charge in [0.1, 0.15) is 11.1 Å². The number of nitrogens with one attached hydrogen (secondary N) is 2. The van der Waals surface area contributed by atoms with Gasteiger partial charge in [0.2, 0.25) is 0 Å². The molecule has 7 nitrogen and oxygen atoms in total. The molecule has 1 unspecified atom stereocenters. The molecule has 1 atom stereocenters. The summed E-state index contributed by atoms with van der Waals surface area (Å²) in [6.45, 7) is -0.502. The fraction of sp³-hybridized carbons (Fsp3) is 0.375. The Bertz CT molecular complexity index is 434. The minimum Gasteiger partial charge on any atom is -0.467 e. The number of carbonyl (C=O) groups excluding carboxylic acids is 1. The van der Waals surface area contributed by atoms with Crippen molar-refractivity contribution < 1.29 is 14.6 Å². The number of nitrogens with zero attached hydrogens (tertiary/aromatic N) is 1. The lowest BCUT2D eigenvalue weighted by Crippen LogP contribution is -2.35. The summed E-state index contributed by atoms with van der Waals surface area (Å²) in [7, 11) is 1.18. The lowest BCUT2D eigenvalue weighted by Gasteiger charge is -2.14. The molecule has 1 aromatic heterocycles. The minimum atomic E-state index is -1.02. The summed E-state index contributed by atoms with van der Waals surface area (Å²) in [5, 5.41) is 11.2. The first-order valence-electron chi connectivity index (χ1n) is 4.28. The molecule has 0 aliphatic heterocycles. The molecule has 3 N–H and O–H groups in total. The number of esters is 1. The van der Waals surface area contributed by atoms with E-state index < -0.39 is 24.2 Å². The second-order valence-electron chi connectivity index (χ2n) is 2.80. The zero-order valence-electron chi connectivity index (χ0n) is 8.36. The van der Waals surface area contributed by atoms with E-state index in [1.165, 1.54) is 7.11 Å². The van der Waals surface area contributed by atoms with Crippen molar-refractivity contribution in [2.24, 2.45) is 0 Å². The van der Waals surface area contributed by atoms with E-state index in [-0.39, 0.29) is 10.8 Å². The maximum atomic E-state index is 11.1. The third-order valence-corrected chi connectivity index (χ3v) is 2.13. The lowest BCUT2D eigenvalue weighted by atomic mass is 10.3. The van der Waals surface area contributed by atoms with Gasteiger partial charge >= 0.3 is 5.97 Å². The molecule has 0 aliphatic rings. The van der Waals surface area contributed by atoms with Crippen molar-refractivity contribution in [1.29, 1.82) is 0 Å². The topological polar surface area (TPSA) is 104 Å². The lowest BCUT2D eigenvalue weighted by molar-refractivity contribution is -0.142. The number of anilines is 1. The molecule has 1 rings (SSSR count). The Labute approximate surface area is 95.4 Å². The zero-order valence-corrected chi connectivity index (χ0v) is 9.11. The number of aliphatic hydroxyl groups is 1. The minimum absolute atomic E-state index is 0.00914. The maximum Gasteiger partial charge on any atom is 0.330 e. The summed E-state index contributed by atoms with van der Waals surface area (Å²) in [6, 6.07) is -1.02. The van der Waals surface area contributed by atoms with Crippen molar-refractivity contribution in [2.45, 2.75) is 6.04 Å². The van der Waals surface area contributed by atoms with E-state index in [4.69, 9.17) is 16.7 Å². The fourth-order valence-corrected chi connectivity index (χ4v) is 1.13. The predicted octanol–water partition coefficient (Wildman–Crippen LogP) is -0.631. The number of halogens is 1. The van der Waals surface area contributed by atoms with Gasteiger partial charge in [-0.05, 0) is 0 Å². The smallest absolute Gasteiger partial charge is 0.330 e. The average molecular weight is 248 g/mol. The Morgan fingerprint density at radius 3 is 3.06 bits per heavy atom. The van der Waals surface area contributed by atoms with Gasteiger partial charge in [-0.2, -0.15) is 0 Å². The molecule has 8 heteroatoms. The summed E-state index contributed by atoms with van der Waals surface area (Å²) in [5.41, 5.74) is -0.541. The van der Waals surface area contributed by atoms with E-state index in [2.05, 4.69) is 20.0 Å².